The molecule has 16 heavy (non-hydrogen) atoms. The van der Waals surface area contributed by atoms with Gasteiger partial charge in [-0.1, -0.05) is 11.6 Å². The van der Waals surface area contributed by atoms with Crippen LogP contribution in [-0.2, 0) is 16.1 Å². The second kappa shape index (κ2) is 6.42. The molecule has 0 aliphatic heterocycles. The van der Waals surface area contributed by atoms with Gasteiger partial charge < -0.3 is 14.8 Å². The Bertz CT molecular complexity index is 371. The third-order valence-corrected chi connectivity index (χ3v) is 2.16. The molecule has 0 aromatic carbocycles. The predicted molar refractivity (Wildman–Crippen MR) is 59.3 cm³/mol. The van der Waals surface area contributed by atoms with Crippen molar-refractivity contribution in [3.8, 4) is 0 Å². The standard InChI is InChI=1S/C10H13ClN2O3/c1-15-5-9-8(11)3-7(4-12-9)10(14)13-6-16-2/h3-4H,5-6H2,1-2H3,(H,13,14). The molecule has 0 saturated carbocycles. The fourth-order valence-electron chi connectivity index (χ4n) is 1.07. The van der Waals surface area contributed by atoms with Gasteiger partial charge in [-0.3, -0.25) is 9.78 Å². The zero-order valence-electron chi connectivity index (χ0n) is 9.12. The number of halogens is 1. The van der Waals surface area contributed by atoms with Gasteiger partial charge in [0.05, 0.1) is 22.9 Å². The van der Waals surface area contributed by atoms with Crippen LogP contribution < -0.4 is 5.32 Å². The molecule has 0 bridgehead atoms. The summed E-state index contributed by atoms with van der Waals surface area (Å²) in [6.45, 7) is 0.467. The number of aromatic nitrogens is 1. The van der Waals surface area contributed by atoms with Crippen LogP contribution in [0, 0.1) is 0 Å². The van der Waals surface area contributed by atoms with Crippen molar-refractivity contribution in [3.05, 3.63) is 28.5 Å². The van der Waals surface area contributed by atoms with E-state index in [0.717, 1.165) is 0 Å². The summed E-state index contributed by atoms with van der Waals surface area (Å²) in [4.78, 5) is 15.5. The minimum Gasteiger partial charge on any atom is -0.378 e. The Hall–Kier alpha value is -1.17. The lowest BCUT2D eigenvalue weighted by Gasteiger charge is -2.06. The predicted octanol–water partition coefficient (Wildman–Crippen LogP) is 1.22. The normalized spacial score (nSPS) is 10.2. The first kappa shape index (κ1) is 12.9. The number of nitrogens with zero attached hydrogens (tertiary/aromatic N) is 1. The lowest BCUT2D eigenvalue weighted by Crippen LogP contribution is -2.25. The molecule has 0 spiro atoms. The van der Waals surface area contributed by atoms with Gasteiger partial charge in [0.15, 0.2) is 0 Å². The number of carbonyl (C=O) groups is 1. The minimum absolute atomic E-state index is 0.149. The number of amides is 1. The molecule has 5 nitrogen and oxygen atoms in total. The quantitative estimate of drug-likeness (QED) is 0.791. The van der Waals surface area contributed by atoms with Crippen LogP contribution in [0.1, 0.15) is 16.1 Å². The molecule has 0 radical (unpaired) electrons. The Kier molecular flexibility index (Phi) is 5.18. The van der Waals surface area contributed by atoms with Crippen molar-refractivity contribution in [2.24, 2.45) is 0 Å². The number of pyridine rings is 1. The van der Waals surface area contributed by atoms with E-state index in [9.17, 15) is 4.79 Å². The molecule has 0 saturated heterocycles. The fourth-order valence-corrected chi connectivity index (χ4v) is 1.29. The van der Waals surface area contributed by atoms with Crippen LogP contribution in [0.5, 0.6) is 0 Å². The monoisotopic (exact) mass is 244 g/mol. The van der Waals surface area contributed by atoms with Gasteiger partial charge >= 0.3 is 0 Å². The largest absolute Gasteiger partial charge is 0.378 e. The first-order valence-electron chi connectivity index (χ1n) is 4.59. The molecule has 1 aromatic rings. The van der Waals surface area contributed by atoms with E-state index in [1.54, 1.807) is 13.2 Å². The first-order valence-corrected chi connectivity index (χ1v) is 4.97. The van der Waals surface area contributed by atoms with Crippen molar-refractivity contribution in [2.45, 2.75) is 6.61 Å². The Balaban J connectivity index is 2.76. The van der Waals surface area contributed by atoms with Crippen molar-refractivity contribution in [3.63, 3.8) is 0 Å². The molecule has 1 N–H and O–H groups in total. The van der Waals surface area contributed by atoms with Gasteiger partial charge in [-0.15, -0.1) is 0 Å². The molecule has 6 heteroatoms. The number of carbonyl (C=O) groups excluding carboxylic acids is 1. The van der Waals surface area contributed by atoms with E-state index in [-0.39, 0.29) is 12.6 Å². The van der Waals surface area contributed by atoms with E-state index in [1.165, 1.54) is 13.3 Å². The maximum absolute atomic E-state index is 11.5. The van der Waals surface area contributed by atoms with Gasteiger partial charge in [-0.25, -0.2) is 0 Å². The van der Waals surface area contributed by atoms with Crippen LogP contribution in [0.2, 0.25) is 5.02 Å². The van der Waals surface area contributed by atoms with E-state index >= 15 is 0 Å². The van der Waals surface area contributed by atoms with E-state index < -0.39 is 0 Å². The summed E-state index contributed by atoms with van der Waals surface area (Å²) in [7, 11) is 3.05. The van der Waals surface area contributed by atoms with Gasteiger partial charge in [-0.2, -0.15) is 0 Å². The molecule has 88 valence electrons. The lowest BCUT2D eigenvalue weighted by atomic mass is 10.2. The van der Waals surface area contributed by atoms with E-state index in [4.69, 9.17) is 21.1 Å². The third kappa shape index (κ3) is 3.44. The smallest absolute Gasteiger partial charge is 0.254 e. The second-order valence-corrected chi connectivity index (χ2v) is 3.43. The van der Waals surface area contributed by atoms with Crippen LogP contribution in [0.4, 0.5) is 0 Å². The molecule has 1 amide bonds. The first-order chi connectivity index (χ1) is 7.69. The number of methoxy groups -OCH3 is 2. The van der Waals surface area contributed by atoms with Crippen LogP contribution in [0.25, 0.3) is 0 Å². The Labute approximate surface area is 98.7 Å². The number of hydrogen-bond acceptors (Lipinski definition) is 4. The fraction of sp³-hybridized carbons (Fsp3) is 0.400. The summed E-state index contributed by atoms with van der Waals surface area (Å²) in [5.74, 6) is -0.278. The summed E-state index contributed by atoms with van der Waals surface area (Å²) in [6.07, 6.45) is 1.45. The van der Waals surface area contributed by atoms with Crippen LogP contribution in [0.3, 0.4) is 0 Å². The number of rotatable bonds is 5. The zero-order chi connectivity index (χ0) is 12.0. The molecular formula is C10H13ClN2O3. The summed E-state index contributed by atoms with van der Waals surface area (Å²) < 4.78 is 9.63. The lowest BCUT2D eigenvalue weighted by molar-refractivity contribution is 0.0871. The summed E-state index contributed by atoms with van der Waals surface area (Å²) in [6, 6.07) is 1.55. The van der Waals surface area contributed by atoms with Crippen molar-refractivity contribution < 1.29 is 14.3 Å². The highest BCUT2D eigenvalue weighted by molar-refractivity contribution is 6.31. The summed E-state index contributed by atoms with van der Waals surface area (Å²) in [5.41, 5.74) is 0.995. The zero-order valence-corrected chi connectivity index (χ0v) is 9.87. The van der Waals surface area contributed by atoms with Crippen molar-refractivity contribution in [2.75, 3.05) is 21.0 Å². The molecule has 1 heterocycles. The molecule has 0 aliphatic rings. The van der Waals surface area contributed by atoms with Crippen LogP contribution >= 0.6 is 11.6 Å². The van der Waals surface area contributed by atoms with Gasteiger partial charge in [-0.05, 0) is 6.07 Å². The van der Waals surface area contributed by atoms with Crippen molar-refractivity contribution >= 4 is 17.5 Å². The third-order valence-electron chi connectivity index (χ3n) is 1.84. The molecule has 1 aromatic heterocycles. The minimum atomic E-state index is -0.278. The second-order valence-electron chi connectivity index (χ2n) is 3.02. The van der Waals surface area contributed by atoms with Crippen LogP contribution in [0.15, 0.2) is 12.3 Å². The number of hydrogen-bond donors (Lipinski definition) is 1. The van der Waals surface area contributed by atoms with Gasteiger partial charge in [0.1, 0.15) is 6.73 Å². The summed E-state index contributed by atoms with van der Waals surface area (Å²) >= 11 is 5.93. The van der Waals surface area contributed by atoms with Crippen molar-refractivity contribution in [1.29, 1.82) is 0 Å². The van der Waals surface area contributed by atoms with Crippen LogP contribution in [-0.4, -0.2) is 31.8 Å². The Morgan fingerprint density at radius 1 is 1.50 bits per heavy atom. The molecule has 0 fully saturated rings. The average molecular weight is 245 g/mol. The molecule has 0 atom stereocenters. The van der Waals surface area contributed by atoms with Gasteiger partial charge in [0.25, 0.3) is 5.91 Å². The Morgan fingerprint density at radius 3 is 2.81 bits per heavy atom. The maximum atomic E-state index is 11.5. The average Bonchev–Trinajstić information content (AvgIpc) is 2.29. The molecule has 0 aliphatic carbocycles. The maximum Gasteiger partial charge on any atom is 0.254 e. The number of nitrogens with one attached hydrogen (secondary N) is 1. The topological polar surface area (TPSA) is 60.5 Å². The number of ether oxygens (including phenoxy) is 2. The highest BCUT2D eigenvalue weighted by atomic mass is 35.5. The Morgan fingerprint density at radius 2 is 2.25 bits per heavy atom. The van der Waals surface area contributed by atoms with E-state index in [1.807, 2.05) is 0 Å². The molecular weight excluding hydrogens is 232 g/mol. The van der Waals surface area contributed by atoms with Gasteiger partial charge in [0.2, 0.25) is 0 Å². The highest BCUT2D eigenvalue weighted by Gasteiger charge is 2.09. The van der Waals surface area contributed by atoms with E-state index in [0.29, 0.717) is 22.9 Å². The van der Waals surface area contributed by atoms with Crippen molar-refractivity contribution in [1.82, 2.24) is 10.3 Å². The SMILES string of the molecule is COCNC(=O)c1cnc(COC)c(Cl)c1. The van der Waals surface area contributed by atoms with Gasteiger partial charge in [0, 0.05) is 20.4 Å². The molecule has 1 rings (SSSR count). The summed E-state index contributed by atoms with van der Waals surface area (Å²) in [5, 5.41) is 2.95. The van der Waals surface area contributed by atoms with E-state index in [2.05, 4.69) is 10.3 Å². The highest BCUT2D eigenvalue weighted by Crippen LogP contribution is 2.15. The molecule has 0 unspecified atom stereocenters.